The van der Waals surface area contributed by atoms with Crippen molar-refractivity contribution >= 4 is 34.5 Å². The zero-order valence-corrected chi connectivity index (χ0v) is 12.8. The van der Waals surface area contributed by atoms with E-state index in [4.69, 9.17) is 33.7 Å². The number of alkyl halides is 2. The fourth-order valence-corrected chi connectivity index (χ4v) is 2.69. The minimum atomic E-state index is -0.229. The summed E-state index contributed by atoms with van der Waals surface area (Å²) in [7, 11) is 0. The number of hydrogen-bond acceptors (Lipinski definition) is 4. The SMILES string of the molecule is CCC(Cl)C(N)C(Cl)COCCCc1nccs1. The topological polar surface area (TPSA) is 48.1 Å². The Labute approximate surface area is 123 Å². The fourth-order valence-electron chi connectivity index (χ4n) is 1.51. The van der Waals surface area contributed by atoms with E-state index in [9.17, 15) is 0 Å². The lowest BCUT2D eigenvalue weighted by atomic mass is 10.1. The van der Waals surface area contributed by atoms with Crippen LogP contribution in [-0.4, -0.2) is 35.0 Å². The highest BCUT2D eigenvalue weighted by molar-refractivity contribution is 7.09. The molecule has 0 amide bonds. The lowest BCUT2D eigenvalue weighted by Gasteiger charge is -2.21. The van der Waals surface area contributed by atoms with Gasteiger partial charge in [-0.25, -0.2) is 4.98 Å². The van der Waals surface area contributed by atoms with Gasteiger partial charge in [0.15, 0.2) is 0 Å². The van der Waals surface area contributed by atoms with Crippen LogP contribution in [0, 0.1) is 0 Å². The van der Waals surface area contributed by atoms with Crippen LogP contribution in [0.3, 0.4) is 0 Å². The number of halogens is 2. The normalized spacial score (nSPS) is 16.4. The summed E-state index contributed by atoms with van der Waals surface area (Å²) < 4.78 is 5.52. The number of ether oxygens (including phenoxy) is 1. The van der Waals surface area contributed by atoms with Crippen molar-refractivity contribution < 1.29 is 4.74 Å². The maximum atomic E-state index is 6.14. The number of rotatable bonds is 9. The summed E-state index contributed by atoms with van der Waals surface area (Å²) in [5.74, 6) is 0. The summed E-state index contributed by atoms with van der Waals surface area (Å²) in [6.07, 6.45) is 4.53. The van der Waals surface area contributed by atoms with Gasteiger partial charge in [-0.15, -0.1) is 34.5 Å². The Morgan fingerprint density at radius 3 is 2.83 bits per heavy atom. The summed E-state index contributed by atoms with van der Waals surface area (Å²) in [5.41, 5.74) is 5.91. The standard InChI is InChI=1S/C12H20Cl2N2OS/c1-2-9(13)12(15)10(14)8-17-6-3-4-11-16-5-7-18-11/h5,7,9-10,12H,2-4,6,8,15H2,1H3. The molecular weight excluding hydrogens is 291 g/mol. The molecule has 1 heterocycles. The lowest BCUT2D eigenvalue weighted by Crippen LogP contribution is -2.41. The minimum Gasteiger partial charge on any atom is -0.380 e. The smallest absolute Gasteiger partial charge is 0.0925 e. The average molecular weight is 311 g/mol. The molecule has 104 valence electrons. The minimum absolute atomic E-state index is 0.0913. The first kappa shape index (κ1) is 16.2. The van der Waals surface area contributed by atoms with E-state index in [1.165, 1.54) is 0 Å². The molecule has 0 aliphatic heterocycles. The zero-order valence-electron chi connectivity index (χ0n) is 10.5. The second-order valence-corrected chi connectivity index (χ2v) is 6.22. The van der Waals surface area contributed by atoms with Gasteiger partial charge in [-0.2, -0.15) is 0 Å². The molecule has 0 radical (unpaired) electrons. The highest BCUT2D eigenvalue weighted by Gasteiger charge is 2.21. The monoisotopic (exact) mass is 310 g/mol. The van der Waals surface area contributed by atoms with E-state index in [1.807, 2.05) is 18.5 Å². The van der Waals surface area contributed by atoms with E-state index < -0.39 is 0 Å². The van der Waals surface area contributed by atoms with Gasteiger partial charge in [-0.05, 0) is 12.8 Å². The van der Waals surface area contributed by atoms with Crippen LogP contribution in [0.1, 0.15) is 24.8 Å². The molecule has 3 nitrogen and oxygen atoms in total. The summed E-state index contributed by atoms with van der Waals surface area (Å²) >= 11 is 13.9. The number of nitrogens with two attached hydrogens (primary N) is 1. The van der Waals surface area contributed by atoms with Crippen LogP contribution in [0.2, 0.25) is 0 Å². The Bertz CT molecular complexity index is 311. The van der Waals surface area contributed by atoms with Crippen molar-refractivity contribution in [1.29, 1.82) is 0 Å². The number of aromatic nitrogens is 1. The van der Waals surface area contributed by atoms with Crippen LogP contribution in [0.4, 0.5) is 0 Å². The molecule has 0 aliphatic carbocycles. The van der Waals surface area contributed by atoms with Gasteiger partial charge in [-0.3, -0.25) is 0 Å². The van der Waals surface area contributed by atoms with Crippen LogP contribution in [0.25, 0.3) is 0 Å². The van der Waals surface area contributed by atoms with Crippen molar-refractivity contribution in [1.82, 2.24) is 4.98 Å². The van der Waals surface area contributed by atoms with Crippen molar-refractivity contribution in [2.24, 2.45) is 5.73 Å². The van der Waals surface area contributed by atoms with E-state index >= 15 is 0 Å². The van der Waals surface area contributed by atoms with Crippen LogP contribution < -0.4 is 5.73 Å². The molecule has 0 fully saturated rings. The molecule has 1 rings (SSSR count). The van der Waals surface area contributed by atoms with E-state index in [-0.39, 0.29) is 16.8 Å². The summed E-state index contributed by atoms with van der Waals surface area (Å²) in [5, 5.41) is 2.80. The molecule has 3 atom stereocenters. The van der Waals surface area contributed by atoms with Crippen molar-refractivity contribution in [2.45, 2.75) is 43.0 Å². The van der Waals surface area contributed by atoms with E-state index in [2.05, 4.69) is 4.98 Å². The van der Waals surface area contributed by atoms with Gasteiger partial charge >= 0.3 is 0 Å². The molecule has 0 saturated heterocycles. The number of hydrogen-bond donors (Lipinski definition) is 1. The first-order valence-corrected chi connectivity index (χ1v) is 7.90. The molecule has 0 spiro atoms. The predicted molar refractivity (Wildman–Crippen MR) is 78.8 cm³/mol. The first-order valence-electron chi connectivity index (χ1n) is 6.15. The lowest BCUT2D eigenvalue weighted by molar-refractivity contribution is 0.127. The van der Waals surface area contributed by atoms with Crippen molar-refractivity contribution in [3.05, 3.63) is 16.6 Å². The fraction of sp³-hybridized carbons (Fsp3) is 0.750. The highest BCUT2D eigenvalue weighted by Crippen LogP contribution is 2.14. The van der Waals surface area contributed by atoms with Crippen LogP contribution in [0.5, 0.6) is 0 Å². The third-order valence-corrected chi connectivity index (χ3v) is 4.52. The summed E-state index contributed by atoms with van der Waals surface area (Å²) in [6.45, 7) is 3.12. The molecule has 2 N–H and O–H groups in total. The summed E-state index contributed by atoms with van der Waals surface area (Å²) in [6, 6.07) is -0.225. The van der Waals surface area contributed by atoms with Gasteiger partial charge in [0, 0.05) is 36.0 Å². The van der Waals surface area contributed by atoms with Gasteiger partial charge in [-0.1, -0.05) is 6.92 Å². The molecule has 1 aromatic rings. The van der Waals surface area contributed by atoms with Gasteiger partial charge in [0.05, 0.1) is 17.0 Å². The number of aryl methyl sites for hydroxylation is 1. The summed E-state index contributed by atoms with van der Waals surface area (Å²) in [4.78, 5) is 4.21. The van der Waals surface area contributed by atoms with Gasteiger partial charge < -0.3 is 10.5 Å². The van der Waals surface area contributed by atoms with E-state index in [1.54, 1.807) is 11.3 Å². The molecular formula is C12H20Cl2N2OS. The molecule has 0 aliphatic rings. The maximum absolute atomic E-state index is 6.14. The predicted octanol–water partition coefficient (Wildman–Crippen LogP) is 3.04. The quantitative estimate of drug-likeness (QED) is 0.563. The third-order valence-electron chi connectivity index (χ3n) is 2.67. The molecule has 0 saturated carbocycles. The molecule has 0 bridgehead atoms. The van der Waals surface area contributed by atoms with Crippen LogP contribution >= 0.6 is 34.5 Å². The Hall–Kier alpha value is 0.130. The maximum Gasteiger partial charge on any atom is 0.0925 e. The van der Waals surface area contributed by atoms with Gasteiger partial charge in [0.25, 0.3) is 0 Å². The van der Waals surface area contributed by atoms with Crippen molar-refractivity contribution in [2.75, 3.05) is 13.2 Å². The molecule has 0 aromatic carbocycles. The van der Waals surface area contributed by atoms with E-state index in [0.717, 1.165) is 24.3 Å². The van der Waals surface area contributed by atoms with Crippen LogP contribution in [0.15, 0.2) is 11.6 Å². The first-order chi connectivity index (χ1) is 8.65. The van der Waals surface area contributed by atoms with Crippen molar-refractivity contribution in [3.8, 4) is 0 Å². The third kappa shape index (κ3) is 5.85. The molecule has 3 unspecified atom stereocenters. The Morgan fingerprint density at radius 1 is 1.44 bits per heavy atom. The molecule has 1 aromatic heterocycles. The molecule has 6 heteroatoms. The Kier molecular flexibility index (Phi) is 8.18. The van der Waals surface area contributed by atoms with E-state index in [0.29, 0.717) is 13.2 Å². The highest BCUT2D eigenvalue weighted by atomic mass is 35.5. The second-order valence-electron chi connectivity index (χ2n) is 4.12. The second kappa shape index (κ2) is 9.10. The largest absolute Gasteiger partial charge is 0.380 e. The number of nitrogens with zero attached hydrogens (tertiary/aromatic N) is 1. The van der Waals surface area contributed by atoms with Crippen LogP contribution in [-0.2, 0) is 11.2 Å². The zero-order chi connectivity index (χ0) is 13.4. The number of thiazole rings is 1. The van der Waals surface area contributed by atoms with Gasteiger partial charge in [0.1, 0.15) is 0 Å². The Balaban J connectivity index is 2.06. The van der Waals surface area contributed by atoms with Crippen molar-refractivity contribution in [3.63, 3.8) is 0 Å². The average Bonchev–Trinajstić information content (AvgIpc) is 2.89. The van der Waals surface area contributed by atoms with Gasteiger partial charge in [0.2, 0.25) is 0 Å². The Morgan fingerprint density at radius 2 is 2.22 bits per heavy atom. The molecule has 18 heavy (non-hydrogen) atoms.